The molecule has 0 fully saturated rings. The third-order valence-corrected chi connectivity index (χ3v) is 5.57. The minimum atomic E-state index is 0.107. The number of benzene rings is 1. The standard InChI is InChI=1S/C20H22N4OS/c25-20(13-16-9-11-26-14-16)21-17-6-7-18-22-23-19(24(18)10-8-17)12-15-4-2-1-3-5-15/h1-5,9,11,14,17H,6-8,10,12-13H2,(H,21,25). The van der Waals surface area contributed by atoms with Crippen LogP contribution in [-0.2, 0) is 30.6 Å². The molecule has 26 heavy (non-hydrogen) atoms. The molecule has 134 valence electrons. The van der Waals surface area contributed by atoms with Crippen LogP contribution in [0.4, 0.5) is 0 Å². The van der Waals surface area contributed by atoms with Crippen molar-refractivity contribution in [3.8, 4) is 0 Å². The van der Waals surface area contributed by atoms with Gasteiger partial charge in [-0.1, -0.05) is 30.3 Å². The Morgan fingerprint density at radius 3 is 2.85 bits per heavy atom. The van der Waals surface area contributed by atoms with Gasteiger partial charge in [-0.2, -0.15) is 11.3 Å². The molecule has 1 aromatic carbocycles. The van der Waals surface area contributed by atoms with Crippen LogP contribution < -0.4 is 5.32 Å². The zero-order valence-electron chi connectivity index (χ0n) is 14.6. The van der Waals surface area contributed by atoms with Crippen LogP contribution in [0.25, 0.3) is 0 Å². The lowest BCUT2D eigenvalue weighted by Crippen LogP contribution is -2.36. The van der Waals surface area contributed by atoms with Crippen molar-refractivity contribution in [2.45, 2.75) is 44.7 Å². The molecule has 2 aromatic heterocycles. The summed E-state index contributed by atoms with van der Waals surface area (Å²) in [7, 11) is 0. The normalized spacial score (nSPS) is 16.7. The number of amides is 1. The number of rotatable bonds is 5. The van der Waals surface area contributed by atoms with Gasteiger partial charge in [0.15, 0.2) is 0 Å². The number of hydrogen-bond acceptors (Lipinski definition) is 4. The number of hydrogen-bond donors (Lipinski definition) is 1. The minimum Gasteiger partial charge on any atom is -0.353 e. The highest BCUT2D eigenvalue weighted by Gasteiger charge is 2.21. The van der Waals surface area contributed by atoms with E-state index in [1.807, 2.05) is 35.0 Å². The first-order chi connectivity index (χ1) is 12.8. The van der Waals surface area contributed by atoms with Gasteiger partial charge in [-0.3, -0.25) is 4.79 Å². The lowest BCUT2D eigenvalue weighted by Gasteiger charge is -2.16. The van der Waals surface area contributed by atoms with Gasteiger partial charge in [-0.05, 0) is 40.8 Å². The highest BCUT2D eigenvalue weighted by Crippen LogP contribution is 2.18. The fourth-order valence-electron chi connectivity index (χ4n) is 3.46. The van der Waals surface area contributed by atoms with E-state index >= 15 is 0 Å². The van der Waals surface area contributed by atoms with Gasteiger partial charge in [0, 0.05) is 25.4 Å². The summed E-state index contributed by atoms with van der Waals surface area (Å²) in [6.07, 6.45) is 3.95. The van der Waals surface area contributed by atoms with E-state index in [9.17, 15) is 4.79 Å². The molecule has 1 atom stereocenters. The maximum Gasteiger partial charge on any atom is 0.224 e. The van der Waals surface area contributed by atoms with Crippen LogP contribution >= 0.6 is 11.3 Å². The highest BCUT2D eigenvalue weighted by molar-refractivity contribution is 7.08. The van der Waals surface area contributed by atoms with E-state index in [-0.39, 0.29) is 11.9 Å². The predicted octanol–water partition coefficient (Wildman–Crippen LogP) is 2.99. The molecule has 1 unspecified atom stereocenters. The first-order valence-corrected chi connectivity index (χ1v) is 9.97. The molecule has 1 aliphatic rings. The van der Waals surface area contributed by atoms with Crippen molar-refractivity contribution < 1.29 is 4.79 Å². The Hall–Kier alpha value is -2.47. The molecular weight excluding hydrogens is 344 g/mol. The van der Waals surface area contributed by atoms with Crippen molar-refractivity contribution in [3.63, 3.8) is 0 Å². The number of carbonyl (C=O) groups excluding carboxylic acids is 1. The van der Waals surface area contributed by atoms with Gasteiger partial charge in [-0.25, -0.2) is 0 Å². The zero-order valence-corrected chi connectivity index (χ0v) is 15.4. The average Bonchev–Trinajstić information content (AvgIpc) is 3.24. The van der Waals surface area contributed by atoms with Crippen LogP contribution in [0.2, 0.25) is 0 Å². The molecule has 0 radical (unpaired) electrons. The molecule has 1 N–H and O–H groups in total. The first kappa shape index (κ1) is 17.0. The quantitative estimate of drug-likeness (QED) is 0.755. The summed E-state index contributed by atoms with van der Waals surface area (Å²) in [5.41, 5.74) is 2.33. The molecule has 1 aliphatic heterocycles. The van der Waals surface area contributed by atoms with Crippen LogP contribution in [0.5, 0.6) is 0 Å². The second-order valence-corrected chi connectivity index (χ2v) is 7.53. The Kier molecular flexibility index (Phi) is 5.11. The van der Waals surface area contributed by atoms with Gasteiger partial charge < -0.3 is 9.88 Å². The van der Waals surface area contributed by atoms with Gasteiger partial charge in [0.05, 0.1) is 6.42 Å². The van der Waals surface area contributed by atoms with Crippen molar-refractivity contribution >= 4 is 17.2 Å². The van der Waals surface area contributed by atoms with E-state index in [1.54, 1.807) is 11.3 Å². The van der Waals surface area contributed by atoms with Crippen LogP contribution in [0.1, 0.15) is 35.6 Å². The molecule has 0 saturated carbocycles. The van der Waals surface area contributed by atoms with Crippen LogP contribution in [0.3, 0.4) is 0 Å². The van der Waals surface area contributed by atoms with E-state index in [0.29, 0.717) is 6.42 Å². The summed E-state index contributed by atoms with van der Waals surface area (Å²) >= 11 is 1.63. The first-order valence-electron chi connectivity index (χ1n) is 9.03. The molecule has 6 heteroatoms. The van der Waals surface area contributed by atoms with Gasteiger partial charge in [0.1, 0.15) is 11.6 Å². The number of fused-ring (bicyclic) bond motifs is 1. The number of nitrogens with zero attached hydrogens (tertiary/aromatic N) is 3. The Morgan fingerprint density at radius 1 is 1.15 bits per heavy atom. The molecule has 1 amide bonds. The van der Waals surface area contributed by atoms with Crippen molar-refractivity contribution in [1.29, 1.82) is 0 Å². The Labute approximate surface area is 157 Å². The van der Waals surface area contributed by atoms with Crippen molar-refractivity contribution in [2.75, 3.05) is 0 Å². The summed E-state index contributed by atoms with van der Waals surface area (Å²) in [6, 6.07) is 12.6. The van der Waals surface area contributed by atoms with Crippen molar-refractivity contribution in [1.82, 2.24) is 20.1 Å². The summed E-state index contributed by atoms with van der Waals surface area (Å²) in [5.74, 6) is 2.15. The second-order valence-electron chi connectivity index (χ2n) is 6.75. The lowest BCUT2D eigenvalue weighted by molar-refractivity contribution is -0.121. The molecular formula is C20H22N4OS. The van der Waals surface area contributed by atoms with E-state index < -0.39 is 0 Å². The Morgan fingerprint density at radius 2 is 2.04 bits per heavy atom. The summed E-state index contributed by atoms with van der Waals surface area (Å²) in [6.45, 7) is 0.855. The number of thiophene rings is 1. The molecule has 0 bridgehead atoms. The number of nitrogens with one attached hydrogen (secondary N) is 1. The molecule has 5 nitrogen and oxygen atoms in total. The molecule has 0 spiro atoms. The van der Waals surface area contributed by atoms with Gasteiger partial charge in [0.2, 0.25) is 5.91 Å². The largest absolute Gasteiger partial charge is 0.353 e. The fraction of sp³-hybridized carbons (Fsp3) is 0.350. The minimum absolute atomic E-state index is 0.107. The summed E-state index contributed by atoms with van der Waals surface area (Å²) in [5, 5.41) is 16.0. The SMILES string of the molecule is O=C(Cc1ccsc1)NC1CCc2nnc(Cc3ccccc3)n2CC1. The number of aromatic nitrogens is 3. The van der Waals surface area contributed by atoms with Gasteiger partial charge >= 0.3 is 0 Å². The average molecular weight is 366 g/mol. The molecule has 0 saturated heterocycles. The Balaban J connectivity index is 1.37. The van der Waals surface area contributed by atoms with Crippen LogP contribution in [0, 0.1) is 0 Å². The maximum atomic E-state index is 12.3. The van der Waals surface area contributed by atoms with Crippen molar-refractivity contribution in [2.24, 2.45) is 0 Å². The van der Waals surface area contributed by atoms with Crippen LogP contribution in [-0.4, -0.2) is 26.7 Å². The monoisotopic (exact) mass is 366 g/mol. The van der Waals surface area contributed by atoms with E-state index in [2.05, 4.69) is 32.2 Å². The molecule has 4 rings (SSSR count). The highest BCUT2D eigenvalue weighted by atomic mass is 32.1. The smallest absolute Gasteiger partial charge is 0.224 e. The predicted molar refractivity (Wildman–Crippen MR) is 102 cm³/mol. The second kappa shape index (κ2) is 7.83. The van der Waals surface area contributed by atoms with Crippen LogP contribution in [0.15, 0.2) is 47.2 Å². The fourth-order valence-corrected chi connectivity index (χ4v) is 4.13. The Bertz CT molecular complexity index is 857. The van der Waals surface area contributed by atoms with E-state index in [4.69, 9.17) is 0 Å². The maximum absolute atomic E-state index is 12.3. The van der Waals surface area contributed by atoms with Gasteiger partial charge in [0.25, 0.3) is 0 Å². The zero-order chi connectivity index (χ0) is 17.8. The third kappa shape index (κ3) is 4.02. The molecule has 0 aliphatic carbocycles. The number of carbonyl (C=O) groups is 1. The van der Waals surface area contributed by atoms with Gasteiger partial charge in [-0.15, -0.1) is 10.2 Å². The summed E-state index contributed by atoms with van der Waals surface area (Å²) in [4.78, 5) is 12.3. The number of aryl methyl sites for hydroxylation is 1. The topological polar surface area (TPSA) is 59.8 Å². The van der Waals surface area contributed by atoms with E-state index in [1.165, 1.54) is 5.56 Å². The van der Waals surface area contributed by atoms with E-state index in [0.717, 1.165) is 49.4 Å². The molecule has 3 aromatic rings. The third-order valence-electron chi connectivity index (χ3n) is 4.84. The summed E-state index contributed by atoms with van der Waals surface area (Å²) < 4.78 is 2.23. The lowest BCUT2D eigenvalue weighted by atomic mass is 10.1. The van der Waals surface area contributed by atoms with Crippen molar-refractivity contribution in [3.05, 3.63) is 69.9 Å². The molecule has 3 heterocycles.